The summed E-state index contributed by atoms with van der Waals surface area (Å²) in [6, 6.07) is 3.78. The Labute approximate surface area is 150 Å². The molecule has 4 rings (SSSR count). The fourth-order valence-electron chi connectivity index (χ4n) is 2.83. The molecular formula is C17H12ClF2N3O3. The fourth-order valence-corrected chi connectivity index (χ4v) is 2.94. The summed E-state index contributed by atoms with van der Waals surface area (Å²) in [5.74, 6) is -0.913. The van der Waals surface area contributed by atoms with Crippen LogP contribution in [0.25, 0.3) is 11.5 Å². The monoisotopic (exact) mass is 379 g/mol. The van der Waals surface area contributed by atoms with Crippen molar-refractivity contribution in [2.45, 2.75) is 24.9 Å². The summed E-state index contributed by atoms with van der Waals surface area (Å²) in [6.45, 7) is 0. The Morgan fingerprint density at radius 2 is 1.88 bits per heavy atom. The van der Waals surface area contributed by atoms with E-state index >= 15 is 0 Å². The third-order valence-electron chi connectivity index (χ3n) is 4.26. The highest BCUT2D eigenvalue weighted by atomic mass is 35.5. The van der Waals surface area contributed by atoms with Crippen molar-refractivity contribution in [1.82, 2.24) is 15.1 Å². The van der Waals surface area contributed by atoms with Crippen molar-refractivity contribution in [3.63, 3.8) is 0 Å². The normalized spacial score (nSPS) is 19.2. The van der Waals surface area contributed by atoms with Crippen molar-refractivity contribution < 1.29 is 18.0 Å². The zero-order valence-electron chi connectivity index (χ0n) is 13.2. The number of rotatable bonds is 4. The molecule has 1 N–H and O–H groups in total. The lowest BCUT2D eigenvalue weighted by molar-refractivity contribution is 0.0929. The van der Waals surface area contributed by atoms with Crippen molar-refractivity contribution in [2.24, 2.45) is 0 Å². The number of benzene rings is 1. The number of hydrogen-bond acceptors (Lipinski definition) is 5. The van der Waals surface area contributed by atoms with Crippen molar-refractivity contribution in [3.05, 3.63) is 63.2 Å². The lowest BCUT2D eigenvalue weighted by atomic mass is 9.77. The number of H-pyrrole nitrogens is 1. The molecule has 26 heavy (non-hydrogen) atoms. The second-order valence-corrected chi connectivity index (χ2v) is 6.40. The number of aromatic nitrogens is 3. The van der Waals surface area contributed by atoms with Gasteiger partial charge >= 0.3 is 0 Å². The Hall–Kier alpha value is -2.74. The van der Waals surface area contributed by atoms with Crippen LogP contribution in [-0.4, -0.2) is 21.2 Å². The van der Waals surface area contributed by atoms with Gasteiger partial charge in [-0.05, 0) is 36.5 Å². The summed E-state index contributed by atoms with van der Waals surface area (Å²) in [4.78, 5) is 19.3. The SMILES string of the molecule is O=c1cc(-c2cnc(OC3CC(c4cc(F)c(Cl)c(F)c4)C3)cn2)o[nH]1. The van der Waals surface area contributed by atoms with Gasteiger partial charge in [0.2, 0.25) is 5.88 Å². The molecular weight excluding hydrogens is 368 g/mol. The molecule has 2 aromatic heterocycles. The van der Waals surface area contributed by atoms with Gasteiger partial charge in [0.05, 0.1) is 18.5 Å². The number of aromatic amines is 1. The summed E-state index contributed by atoms with van der Waals surface area (Å²) in [5, 5.41) is 1.68. The van der Waals surface area contributed by atoms with E-state index in [1.165, 1.54) is 30.6 Å². The minimum Gasteiger partial charge on any atom is -0.473 e. The molecule has 0 bridgehead atoms. The maximum Gasteiger partial charge on any atom is 0.280 e. The van der Waals surface area contributed by atoms with Gasteiger partial charge in [0.1, 0.15) is 28.5 Å². The van der Waals surface area contributed by atoms with E-state index in [2.05, 4.69) is 15.1 Å². The number of ether oxygens (including phenoxy) is 1. The molecule has 0 radical (unpaired) electrons. The molecule has 2 heterocycles. The summed E-state index contributed by atoms with van der Waals surface area (Å²) >= 11 is 5.49. The first-order valence-corrected chi connectivity index (χ1v) is 8.19. The maximum atomic E-state index is 13.5. The summed E-state index contributed by atoms with van der Waals surface area (Å²) < 4.78 is 37.7. The first-order chi connectivity index (χ1) is 12.5. The molecule has 3 aromatic rings. The van der Waals surface area contributed by atoms with Gasteiger partial charge in [-0.3, -0.25) is 4.79 Å². The molecule has 6 nitrogen and oxygen atoms in total. The molecule has 0 amide bonds. The standard InChI is InChI=1S/C17H12ClF2N3O3/c18-17-11(19)3-9(4-12(17)20)8-1-10(2-8)25-16-7-21-13(6-22-16)14-5-15(24)23-26-14/h3-8,10H,1-2H2,(H,23,24). The molecule has 0 atom stereocenters. The van der Waals surface area contributed by atoms with Gasteiger partial charge in [-0.25, -0.2) is 18.7 Å². The molecule has 0 aliphatic heterocycles. The van der Waals surface area contributed by atoms with Crippen LogP contribution in [0.5, 0.6) is 5.88 Å². The predicted octanol–water partition coefficient (Wildman–Crippen LogP) is 3.68. The van der Waals surface area contributed by atoms with Crippen LogP contribution in [0.3, 0.4) is 0 Å². The average molecular weight is 380 g/mol. The minimum absolute atomic E-state index is 0.00244. The highest BCUT2D eigenvalue weighted by Gasteiger charge is 2.33. The van der Waals surface area contributed by atoms with E-state index in [-0.39, 0.29) is 23.3 Å². The Morgan fingerprint density at radius 3 is 2.46 bits per heavy atom. The Morgan fingerprint density at radius 1 is 1.15 bits per heavy atom. The van der Waals surface area contributed by atoms with Crippen LogP contribution in [-0.2, 0) is 0 Å². The van der Waals surface area contributed by atoms with E-state index in [4.69, 9.17) is 20.9 Å². The van der Waals surface area contributed by atoms with E-state index in [1.807, 2.05) is 0 Å². The molecule has 0 spiro atoms. The summed E-state index contributed by atoms with van der Waals surface area (Å²) in [5.41, 5.74) is 0.597. The second kappa shape index (κ2) is 6.53. The smallest absolute Gasteiger partial charge is 0.280 e. The van der Waals surface area contributed by atoms with Gasteiger partial charge in [0.25, 0.3) is 5.56 Å². The topological polar surface area (TPSA) is 81.0 Å². The number of halogens is 3. The predicted molar refractivity (Wildman–Crippen MR) is 88.1 cm³/mol. The van der Waals surface area contributed by atoms with Crippen LogP contribution in [0.2, 0.25) is 5.02 Å². The minimum atomic E-state index is -0.760. The quantitative estimate of drug-likeness (QED) is 0.699. The molecule has 1 fully saturated rings. The molecule has 1 saturated carbocycles. The number of nitrogens with one attached hydrogen (secondary N) is 1. The lowest BCUT2D eigenvalue weighted by Gasteiger charge is -2.35. The Balaban J connectivity index is 1.37. The van der Waals surface area contributed by atoms with E-state index < -0.39 is 16.7 Å². The van der Waals surface area contributed by atoms with E-state index in [1.54, 1.807) is 0 Å². The summed E-state index contributed by atoms with van der Waals surface area (Å²) in [6.07, 6.45) is 3.96. The van der Waals surface area contributed by atoms with Crippen LogP contribution in [0.15, 0.2) is 39.9 Å². The van der Waals surface area contributed by atoms with Gasteiger partial charge in [-0.1, -0.05) is 11.6 Å². The molecule has 0 unspecified atom stereocenters. The van der Waals surface area contributed by atoms with Gasteiger partial charge in [-0.2, -0.15) is 5.16 Å². The van der Waals surface area contributed by atoms with Crippen LogP contribution in [0, 0.1) is 11.6 Å². The first kappa shape index (κ1) is 16.7. The van der Waals surface area contributed by atoms with Crippen molar-refractivity contribution in [3.8, 4) is 17.3 Å². The molecule has 1 aromatic carbocycles. The third-order valence-corrected chi connectivity index (χ3v) is 4.63. The largest absolute Gasteiger partial charge is 0.473 e. The maximum absolute atomic E-state index is 13.5. The van der Waals surface area contributed by atoms with Crippen molar-refractivity contribution in [1.29, 1.82) is 0 Å². The Bertz CT molecular complexity index is 974. The molecule has 0 saturated heterocycles. The Kier molecular flexibility index (Phi) is 4.20. The summed E-state index contributed by atoms with van der Waals surface area (Å²) in [7, 11) is 0. The van der Waals surface area contributed by atoms with E-state index in [9.17, 15) is 13.6 Å². The van der Waals surface area contributed by atoms with Gasteiger partial charge < -0.3 is 9.26 Å². The van der Waals surface area contributed by atoms with Crippen LogP contribution >= 0.6 is 11.6 Å². The second-order valence-electron chi connectivity index (χ2n) is 6.02. The highest BCUT2D eigenvalue weighted by molar-refractivity contribution is 6.30. The van der Waals surface area contributed by atoms with E-state index in [0.29, 0.717) is 30.0 Å². The highest BCUT2D eigenvalue weighted by Crippen LogP contribution is 2.40. The molecule has 1 aliphatic rings. The van der Waals surface area contributed by atoms with Crippen LogP contribution in [0.1, 0.15) is 24.3 Å². The van der Waals surface area contributed by atoms with Crippen LogP contribution in [0.4, 0.5) is 8.78 Å². The average Bonchev–Trinajstić information content (AvgIpc) is 3.02. The zero-order valence-corrected chi connectivity index (χ0v) is 14.0. The molecule has 9 heteroatoms. The molecule has 1 aliphatic carbocycles. The lowest BCUT2D eigenvalue weighted by Crippen LogP contribution is -2.32. The van der Waals surface area contributed by atoms with Crippen molar-refractivity contribution >= 4 is 11.6 Å². The molecule has 134 valence electrons. The van der Waals surface area contributed by atoms with Crippen LogP contribution < -0.4 is 10.3 Å². The third kappa shape index (κ3) is 3.20. The van der Waals surface area contributed by atoms with Crippen molar-refractivity contribution in [2.75, 3.05) is 0 Å². The van der Waals surface area contributed by atoms with Gasteiger partial charge in [0, 0.05) is 0 Å². The zero-order chi connectivity index (χ0) is 18.3. The number of hydrogen-bond donors (Lipinski definition) is 1. The van der Waals surface area contributed by atoms with Gasteiger partial charge in [0.15, 0.2) is 5.76 Å². The number of nitrogens with zero attached hydrogens (tertiary/aromatic N) is 2. The first-order valence-electron chi connectivity index (χ1n) is 7.81. The van der Waals surface area contributed by atoms with Gasteiger partial charge in [-0.15, -0.1) is 0 Å². The van der Waals surface area contributed by atoms with E-state index in [0.717, 1.165) is 0 Å². The fraction of sp³-hybridized carbons (Fsp3) is 0.235.